The van der Waals surface area contributed by atoms with Crippen molar-refractivity contribution in [2.24, 2.45) is 5.92 Å². The third-order valence-electron chi connectivity index (χ3n) is 4.76. The van der Waals surface area contributed by atoms with Gasteiger partial charge < -0.3 is 18.9 Å². The highest BCUT2D eigenvalue weighted by molar-refractivity contribution is 5.81. The van der Waals surface area contributed by atoms with E-state index >= 15 is 0 Å². The van der Waals surface area contributed by atoms with E-state index in [0.717, 1.165) is 42.7 Å². The number of carbonyl (C=O) groups is 1. The van der Waals surface area contributed by atoms with E-state index in [1.807, 2.05) is 29.2 Å². The molecule has 2 aliphatic carbocycles. The Morgan fingerprint density at radius 3 is 2.64 bits per heavy atom. The van der Waals surface area contributed by atoms with Gasteiger partial charge in [0.05, 0.1) is 26.3 Å². The molecule has 4 rings (SSSR count). The average Bonchev–Trinajstić information content (AvgIpc) is 3.56. The first kappa shape index (κ1) is 16.0. The second-order valence-electron chi connectivity index (χ2n) is 6.72. The molecule has 1 amide bonds. The van der Waals surface area contributed by atoms with Gasteiger partial charge in [0.15, 0.2) is 5.76 Å². The monoisotopic (exact) mass is 342 g/mol. The Balaban J connectivity index is 1.54. The number of ether oxygens (including phenoxy) is 2. The number of hydrogen-bond acceptors (Lipinski definition) is 5. The molecule has 0 spiro atoms. The molecule has 132 valence electrons. The minimum atomic E-state index is 0.230. The molecule has 0 bridgehead atoms. The number of methoxy groups -OCH3 is 2. The van der Waals surface area contributed by atoms with E-state index in [-0.39, 0.29) is 11.8 Å². The largest absolute Gasteiger partial charge is 0.497 e. The Kier molecular flexibility index (Phi) is 4.11. The maximum absolute atomic E-state index is 12.5. The third-order valence-corrected chi connectivity index (χ3v) is 4.76. The van der Waals surface area contributed by atoms with Crippen LogP contribution in [0.5, 0.6) is 11.5 Å². The van der Waals surface area contributed by atoms with Crippen LogP contribution in [0.25, 0.3) is 11.3 Å². The zero-order chi connectivity index (χ0) is 17.4. The van der Waals surface area contributed by atoms with Crippen molar-refractivity contribution in [2.75, 3.05) is 14.2 Å². The Hall–Kier alpha value is -2.50. The standard InChI is InChI=1S/C19H22N2O4/c1-23-15-7-8-16(17(10-15)24-2)18-9-13(20-25-18)11-21(14-5-6-14)19(22)12-3-4-12/h7-10,12,14H,3-6,11H2,1-2H3. The lowest BCUT2D eigenvalue weighted by atomic mass is 10.1. The SMILES string of the molecule is COc1ccc(-c2cc(CN(C(=O)C3CC3)C3CC3)no2)c(OC)c1. The highest BCUT2D eigenvalue weighted by Gasteiger charge is 2.40. The molecule has 1 heterocycles. The minimum Gasteiger partial charge on any atom is -0.497 e. The zero-order valence-corrected chi connectivity index (χ0v) is 14.5. The van der Waals surface area contributed by atoms with Crippen molar-refractivity contribution in [1.29, 1.82) is 0 Å². The van der Waals surface area contributed by atoms with Crippen LogP contribution >= 0.6 is 0 Å². The first-order valence-corrected chi connectivity index (χ1v) is 8.68. The smallest absolute Gasteiger partial charge is 0.226 e. The topological polar surface area (TPSA) is 64.8 Å². The van der Waals surface area contributed by atoms with Gasteiger partial charge in [-0.05, 0) is 37.8 Å². The molecule has 2 aromatic rings. The summed E-state index contributed by atoms with van der Waals surface area (Å²) < 4.78 is 16.2. The molecule has 0 saturated heterocycles. The fourth-order valence-electron chi connectivity index (χ4n) is 3.03. The average molecular weight is 342 g/mol. The lowest BCUT2D eigenvalue weighted by Crippen LogP contribution is -2.33. The lowest BCUT2D eigenvalue weighted by molar-refractivity contribution is -0.133. The highest BCUT2D eigenvalue weighted by atomic mass is 16.5. The predicted octanol–water partition coefficient (Wildman–Crippen LogP) is 3.26. The number of aromatic nitrogens is 1. The maximum Gasteiger partial charge on any atom is 0.226 e. The van der Waals surface area contributed by atoms with Crippen LogP contribution in [0.15, 0.2) is 28.8 Å². The summed E-state index contributed by atoms with van der Waals surface area (Å²) in [6.45, 7) is 0.516. The Labute approximate surface area is 146 Å². The van der Waals surface area contributed by atoms with Gasteiger partial charge in [-0.2, -0.15) is 0 Å². The van der Waals surface area contributed by atoms with E-state index < -0.39 is 0 Å². The van der Waals surface area contributed by atoms with Gasteiger partial charge in [-0.1, -0.05) is 5.16 Å². The Morgan fingerprint density at radius 1 is 1.20 bits per heavy atom. The summed E-state index contributed by atoms with van der Waals surface area (Å²) in [5.41, 5.74) is 1.59. The van der Waals surface area contributed by atoms with Gasteiger partial charge >= 0.3 is 0 Å². The van der Waals surface area contributed by atoms with Crippen LogP contribution in [0.2, 0.25) is 0 Å². The summed E-state index contributed by atoms with van der Waals surface area (Å²) in [5.74, 6) is 2.51. The van der Waals surface area contributed by atoms with Crippen LogP contribution in [0.4, 0.5) is 0 Å². The van der Waals surface area contributed by atoms with E-state index in [2.05, 4.69) is 5.16 Å². The summed E-state index contributed by atoms with van der Waals surface area (Å²) in [5, 5.41) is 4.17. The number of amides is 1. The van der Waals surface area contributed by atoms with E-state index in [0.29, 0.717) is 24.1 Å². The van der Waals surface area contributed by atoms with Gasteiger partial charge in [0.25, 0.3) is 0 Å². The van der Waals surface area contributed by atoms with E-state index in [1.165, 1.54) is 0 Å². The zero-order valence-electron chi connectivity index (χ0n) is 14.5. The van der Waals surface area contributed by atoms with Gasteiger partial charge in [0.1, 0.15) is 17.2 Å². The maximum atomic E-state index is 12.5. The minimum absolute atomic E-state index is 0.230. The van der Waals surface area contributed by atoms with Crippen LogP contribution in [0, 0.1) is 5.92 Å². The molecule has 2 aliphatic rings. The number of nitrogens with zero attached hydrogens (tertiary/aromatic N) is 2. The van der Waals surface area contributed by atoms with Crippen LogP contribution in [0.1, 0.15) is 31.4 Å². The molecule has 0 unspecified atom stereocenters. The summed E-state index contributed by atoms with van der Waals surface area (Å²) >= 11 is 0. The first-order chi connectivity index (χ1) is 12.2. The number of rotatable bonds is 7. The molecular formula is C19H22N2O4. The fourth-order valence-corrected chi connectivity index (χ4v) is 3.03. The molecule has 2 fully saturated rings. The van der Waals surface area contributed by atoms with E-state index in [9.17, 15) is 4.79 Å². The second-order valence-corrected chi connectivity index (χ2v) is 6.72. The van der Waals surface area contributed by atoms with Gasteiger partial charge in [-0.3, -0.25) is 4.79 Å². The van der Waals surface area contributed by atoms with Crippen molar-refractivity contribution in [3.8, 4) is 22.8 Å². The molecule has 1 aromatic heterocycles. The van der Waals surface area contributed by atoms with Crippen molar-refractivity contribution in [1.82, 2.24) is 10.1 Å². The van der Waals surface area contributed by atoms with Gasteiger partial charge in [-0.15, -0.1) is 0 Å². The molecule has 6 heteroatoms. The highest BCUT2D eigenvalue weighted by Crippen LogP contribution is 2.38. The van der Waals surface area contributed by atoms with Gasteiger partial charge in [0, 0.05) is 24.1 Å². The fraction of sp³-hybridized carbons (Fsp3) is 0.474. The summed E-state index contributed by atoms with van der Waals surface area (Å²) in [7, 11) is 3.23. The van der Waals surface area contributed by atoms with Crippen molar-refractivity contribution in [3.63, 3.8) is 0 Å². The van der Waals surface area contributed by atoms with Gasteiger partial charge in [0.2, 0.25) is 5.91 Å². The first-order valence-electron chi connectivity index (χ1n) is 8.68. The van der Waals surface area contributed by atoms with Crippen LogP contribution < -0.4 is 9.47 Å². The summed E-state index contributed by atoms with van der Waals surface area (Å²) in [6.07, 6.45) is 4.23. The summed E-state index contributed by atoms with van der Waals surface area (Å²) in [6, 6.07) is 7.82. The Morgan fingerprint density at radius 2 is 2.00 bits per heavy atom. The van der Waals surface area contributed by atoms with Crippen molar-refractivity contribution in [3.05, 3.63) is 30.0 Å². The molecule has 2 saturated carbocycles. The molecule has 6 nitrogen and oxygen atoms in total. The van der Waals surface area contributed by atoms with Crippen molar-refractivity contribution in [2.45, 2.75) is 38.3 Å². The third kappa shape index (κ3) is 3.34. The van der Waals surface area contributed by atoms with Crippen molar-refractivity contribution >= 4 is 5.91 Å². The number of hydrogen-bond donors (Lipinski definition) is 0. The predicted molar refractivity (Wildman–Crippen MR) is 91.3 cm³/mol. The van der Waals surface area contributed by atoms with Crippen LogP contribution in [-0.4, -0.2) is 36.2 Å². The number of benzene rings is 1. The van der Waals surface area contributed by atoms with Crippen molar-refractivity contribution < 1.29 is 18.8 Å². The van der Waals surface area contributed by atoms with E-state index in [4.69, 9.17) is 14.0 Å². The lowest BCUT2D eigenvalue weighted by Gasteiger charge is -2.20. The van der Waals surface area contributed by atoms with Crippen LogP contribution in [0.3, 0.4) is 0 Å². The normalized spacial score (nSPS) is 16.6. The summed E-state index contributed by atoms with van der Waals surface area (Å²) in [4.78, 5) is 14.4. The second kappa shape index (κ2) is 6.43. The molecular weight excluding hydrogens is 320 g/mol. The molecule has 25 heavy (non-hydrogen) atoms. The molecule has 0 atom stereocenters. The molecule has 1 aromatic carbocycles. The van der Waals surface area contributed by atoms with Gasteiger partial charge in [-0.25, -0.2) is 0 Å². The molecule has 0 N–H and O–H groups in total. The number of carbonyl (C=O) groups excluding carboxylic acids is 1. The molecule has 0 radical (unpaired) electrons. The van der Waals surface area contributed by atoms with Crippen LogP contribution in [-0.2, 0) is 11.3 Å². The quantitative estimate of drug-likeness (QED) is 0.773. The Bertz CT molecular complexity index is 777. The van der Waals surface area contributed by atoms with E-state index in [1.54, 1.807) is 14.2 Å². The molecule has 0 aliphatic heterocycles.